The smallest absolute Gasteiger partial charge is 0.333 e. The number of nitrogens with zero attached hydrogens (tertiary/aromatic N) is 5. The number of benzene rings is 2. The summed E-state index contributed by atoms with van der Waals surface area (Å²) < 4.78 is 18.2. The zero-order valence-electron chi connectivity index (χ0n) is 41.3. The van der Waals surface area contributed by atoms with Crippen molar-refractivity contribution in [2.75, 3.05) is 57.5 Å². The Balaban J connectivity index is 1.48. The summed E-state index contributed by atoms with van der Waals surface area (Å²) in [5, 5.41) is 13.8. The molecule has 0 bridgehead atoms. The molecular weight excluding hydrogens is 998 g/mol. The molecule has 1 saturated heterocycles. The van der Waals surface area contributed by atoms with Crippen molar-refractivity contribution >= 4 is 63.6 Å². The zero-order valence-corrected chi connectivity index (χ0v) is 43.5. The summed E-state index contributed by atoms with van der Waals surface area (Å²) in [6, 6.07) is 17.0. The van der Waals surface area contributed by atoms with Gasteiger partial charge in [0.15, 0.2) is 17.2 Å². The molecule has 1 aromatic heterocycles. The normalized spacial score (nSPS) is 15.6. The van der Waals surface area contributed by atoms with Crippen LogP contribution in [0.3, 0.4) is 0 Å². The summed E-state index contributed by atoms with van der Waals surface area (Å²) in [6.07, 6.45) is 3.11. The number of alkyl halides is 1. The molecule has 4 rings (SSSR count). The first-order chi connectivity index (χ1) is 32.8. The molecule has 3 amide bonds. The van der Waals surface area contributed by atoms with E-state index in [2.05, 4.69) is 20.9 Å². The minimum atomic E-state index is -1.68. The Kier molecular flexibility index (Phi) is 23.5. The fraction of sp³-hybridized carbons (Fsp3) is 0.588. The minimum Gasteiger partial charge on any atom is -0.449 e. The molecule has 18 heteroatoms. The van der Waals surface area contributed by atoms with Crippen LogP contribution in [0.1, 0.15) is 83.5 Å². The molecule has 0 radical (unpaired) electrons. The van der Waals surface area contributed by atoms with Gasteiger partial charge in [0.05, 0.1) is 38.4 Å². The van der Waals surface area contributed by atoms with Crippen molar-refractivity contribution in [1.29, 1.82) is 0 Å². The lowest BCUT2D eigenvalue weighted by Crippen LogP contribution is -2.55. The molecule has 0 aliphatic carbocycles. The number of morpholine rings is 1. The van der Waals surface area contributed by atoms with Crippen LogP contribution in [0.15, 0.2) is 66.9 Å². The number of rotatable bonds is 30. The lowest BCUT2D eigenvalue weighted by Gasteiger charge is -2.32. The Morgan fingerprint density at radius 2 is 1.42 bits per heavy atom. The van der Waals surface area contributed by atoms with Crippen LogP contribution >= 0.6 is 22.6 Å². The number of likely N-dealkylation sites (N-methyl/N-ethyl adjacent to an activating group) is 1. The molecule has 3 aromatic rings. The van der Waals surface area contributed by atoms with E-state index in [9.17, 15) is 33.6 Å². The summed E-state index contributed by atoms with van der Waals surface area (Å²) >= 11 is 1.96. The Labute approximate surface area is 420 Å². The molecule has 1 fully saturated rings. The van der Waals surface area contributed by atoms with Crippen LogP contribution in [0.25, 0.3) is 0 Å². The van der Waals surface area contributed by atoms with Gasteiger partial charge in [-0.05, 0) is 62.0 Å². The molecule has 2 heterocycles. The Morgan fingerprint density at radius 1 is 0.826 bits per heavy atom. The number of ketones is 3. The van der Waals surface area contributed by atoms with Gasteiger partial charge in [-0.1, -0.05) is 116 Å². The highest BCUT2D eigenvalue weighted by molar-refractivity contribution is 14.1. The highest BCUT2D eigenvalue weighted by Crippen LogP contribution is 2.24. The summed E-state index contributed by atoms with van der Waals surface area (Å²) in [7, 11) is 3.28. The summed E-state index contributed by atoms with van der Waals surface area (Å²) in [4.78, 5) is 100. The molecule has 1 aliphatic rings. The van der Waals surface area contributed by atoms with Gasteiger partial charge in [0.1, 0.15) is 24.7 Å². The van der Waals surface area contributed by atoms with Crippen LogP contribution in [0.4, 0.5) is 0 Å². The number of carbonyl (C=O) groups is 7. The lowest BCUT2D eigenvalue weighted by atomic mass is 9.87. The number of aryl methyl sites for hydroxylation is 2. The number of amides is 3. The number of Topliss-reactive ketones (excluding diaryl/α,β-unsaturated/α-hetero) is 3. The van der Waals surface area contributed by atoms with Crippen LogP contribution in [-0.4, -0.2) is 141 Å². The van der Waals surface area contributed by atoms with Crippen LogP contribution in [0, 0.1) is 23.7 Å². The first-order valence-corrected chi connectivity index (χ1v) is 25.4. The Hall–Kier alpha value is -4.92. The quantitative estimate of drug-likeness (QED) is 0.0536. The van der Waals surface area contributed by atoms with Gasteiger partial charge in [0.25, 0.3) is 0 Å². The first kappa shape index (κ1) is 56.7. The number of hydrogen-bond donors (Lipinski definition) is 2. The van der Waals surface area contributed by atoms with Crippen molar-refractivity contribution in [3.8, 4) is 0 Å². The highest BCUT2D eigenvalue weighted by atomic mass is 127. The number of halogens is 1. The number of hydrogen-bond acceptors (Lipinski definition) is 13. The molecule has 5 atom stereocenters. The molecule has 0 spiro atoms. The minimum absolute atomic E-state index is 0.00438. The summed E-state index contributed by atoms with van der Waals surface area (Å²) in [5.74, 6) is -4.84. The molecule has 69 heavy (non-hydrogen) atoms. The predicted octanol–water partition coefficient (Wildman–Crippen LogP) is 4.52. The number of carbonyl (C=O) groups excluding carboxylic acids is 7. The van der Waals surface area contributed by atoms with Gasteiger partial charge in [-0.15, -0.1) is 5.10 Å². The van der Waals surface area contributed by atoms with Crippen LogP contribution in [-0.2, 0) is 74.2 Å². The van der Waals surface area contributed by atoms with Gasteiger partial charge in [0.2, 0.25) is 17.7 Å². The second-order valence-electron chi connectivity index (χ2n) is 19.1. The maximum absolute atomic E-state index is 14.5. The van der Waals surface area contributed by atoms with Crippen molar-refractivity contribution in [2.24, 2.45) is 30.7 Å². The van der Waals surface area contributed by atoms with E-state index in [-0.39, 0.29) is 72.5 Å². The van der Waals surface area contributed by atoms with E-state index in [0.717, 1.165) is 11.1 Å². The average Bonchev–Trinajstić information content (AvgIpc) is 3.73. The van der Waals surface area contributed by atoms with Gasteiger partial charge < -0.3 is 29.7 Å². The third-order valence-corrected chi connectivity index (χ3v) is 13.4. The Bertz CT molecular complexity index is 2130. The second-order valence-corrected chi connectivity index (χ2v) is 19.9. The van der Waals surface area contributed by atoms with Gasteiger partial charge in [-0.25, -0.2) is 4.79 Å². The van der Waals surface area contributed by atoms with E-state index < -0.39 is 66.3 Å². The predicted molar refractivity (Wildman–Crippen MR) is 268 cm³/mol. The third-order valence-electron chi connectivity index (χ3n) is 11.9. The van der Waals surface area contributed by atoms with Gasteiger partial charge in [-0.3, -0.25) is 38.3 Å². The van der Waals surface area contributed by atoms with Crippen LogP contribution < -0.4 is 10.6 Å². The number of nitrogens with one attached hydrogen (secondary N) is 2. The molecule has 0 unspecified atom stereocenters. The molecule has 378 valence electrons. The number of aromatic nitrogens is 3. The topological polar surface area (TPSA) is 208 Å². The second kappa shape index (κ2) is 28.7. The van der Waals surface area contributed by atoms with Crippen molar-refractivity contribution in [3.05, 3.63) is 83.7 Å². The standard InChI is InChI=1S/C51H72IN7O10/c1-35(2)24-43(53-49(65)39(19-18-37-14-10-8-11-15-37)27-42(60)31-59-20-22-67-23-21-59)45(61)28-40(26-38-16-12-9-13-17-38)50(66)54-44(25-36(3)4)48(64)51(5,34-52)69-47(63)33-68-32-46(62)57(6)29-41-30-58(7)56-55-41/h8-17,30,35-36,39-40,43-44H,18-29,31-34H2,1-7H3,(H,53,65)(H,54,66)/t39-,40-,43+,44+,51-/m1/s1. The summed E-state index contributed by atoms with van der Waals surface area (Å²) in [5.41, 5.74) is 0.724. The Morgan fingerprint density at radius 3 is 2.01 bits per heavy atom. The van der Waals surface area contributed by atoms with E-state index in [1.54, 1.807) is 20.3 Å². The van der Waals surface area contributed by atoms with Crippen LogP contribution in [0.5, 0.6) is 0 Å². The van der Waals surface area contributed by atoms with E-state index in [1.807, 2.05) is 116 Å². The molecule has 17 nitrogen and oxygen atoms in total. The molecule has 2 N–H and O–H groups in total. The lowest BCUT2D eigenvalue weighted by molar-refractivity contribution is -0.169. The van der Waals surface area contributed by atoms with Gasteiger partial charge in [-0.2, -0.15) is 0 Å². The van der Waals surface area contributed by atoms with E-state index in [0.29, 0.717) is 51.3 Å². The summed E-state index contributed by atoms with van der Waals surface area (Å²) in [6.45, 7) is 10.9. The van der Waals surface area contributed by atoms with Crippen molar-refractivity contribution < 1.29 is 47.8 Å². The maximum Gasteiger partial charge on any atom is 0.333 e. The first-order valence-electron chi connectivity index (χ1n) is 23.9. The fourth-order valence-electron chi connectivity index (χ4n) is 8.15. The van der Waals surface area contributed by atoms with E-state index in [4.69, 9.17) is 14.2 Å². The number of ether oxygens (including phenoxy) is 3. The number of esters is 1. The average molecular weight is 1070 g/mol. The highest BCUT2D eigenvalue weighted by Gasteiger charge is 2.42. The molecular formula is C51H72IN7O10. The van der Waals surface area contributed by atoms with Gasteiger partial charge in [0, 0.05) is 62.5 Å². The monoisotopic (exact) mass is 1070 g/mol. The van der Waals surface area contributed by atoms with Crippen LogP contribution in [0.2, 0.25) is 0 Å². The fourth-order valence-corrected chi connectivity index (χ4v) is 8.68. The van der Waals surface area contributed by atoms with Gasteiger partial charge >= 0.3 is 5.97 Å². The molecule has 1 aliphatic heterocycles. The molecule has 0 saturated carbocycles. The SMILES string of the molecule is CC(C)C[C@H](NC(=O)[C@H](CCc1ccccc1)CC(=O)CN1CCOCC1)C(=O)C[C@@H](Cc1ccccc1)C(=O)N[C@@H](CC(C)C)C(=O)[C@@](C)(CI)OC(=O)COCC(=O)N(C)Cc1cn(C)nn1. The van der Waals surface area contributed by atoms with Crippen molar-refractivity contribution in [3.63, 3.8) is 0 Å². The third kappa shape index (κ3) is 19.8. The van der Waals surface area contributed by atoms with Crippen molar-refractivity contribution in [2.45, 2.75) is 104 Å². The van der Waals surface area contributed by atoms with E-state index in [1.165, 1.54) is 16.5 Å². The maximum atomic E-state index is 14.5. The van der Waals surface area contributed by atoms with Crippen molar-refractivity contribution in [1.82, 2.24) is 35.4 Å². The largest absolute Gasteiger partial charge is 0.449 e. The zero-order chi connectivity index (χ0) is 50.5. The van der Waals surface area contributed by atoms with E-state index >= 15 is 0 Å². The molecule has 2 aromatic carbocycles.